The third-order valence-corrected chi connectivity index (χ3v) is 5.43. The monoisotopic (exact) mass is 406 g/mol. The fraction of sp³-hybridized carbons (Fsp3) is 0.261. The van der Waals surface area contributed by atoms with Crippen LogP contribution in [0.1, 0.15) is 34.9 Å². The predicted molar refractivity (Wildman–Crippen MR) is 116 cm³/mol. The van der Waals surface area contributed by atoms with E-state index >= 15 is 0 Å². The van der Waals surface area contributed by atoms with Crippen molar-refractivity contribution in [2.24, 2.45) is 0 Å². The molecule has 3 aromatic rings. The summed E-state index contributed by atoms with van der Waals surface area (Å²) in [5.74, 6) is 0.667. The minimum absolute atomic E-state index is 0.0372. The van der Waals surface area contributed by atoms with Gasteiger partial charge in [0.1, 0.15) is 0 Å². The van der Waals surface area contributed by atoms with Gasteiger partial charge in [0.05, 0.1) is 11.7 Å². The summed E-state index contributed by atoms with van der Waals surface area (Å²) in [5.41, 5.74) is 3.44. The van der Waals surface area contributed by atoms with Crippen molar-refractivity contribution in [2.45, 2.75) is 18.9 Å². The summed E-state index contributed by atoms with van der Waals surface area (Å²) in [7, 11) is 3.83. The molecular formula is C23H23ClN4O. The van der Waals surface area contributed by atoms with Crippen LogP contribution in [-0.2, 0) is 0 Å². The zero-order chi connectivity index (χ0) is 20.4. The van der Waals surface area contributed by atoms with Gasteiger partial charge < -0.3 is 9.80 Å². The highest BCUT2D eigenvalue weighted by atomic mass is 35.5. The first-order valence-corrected chi connectivity index (χ1v) is 10.1. The Labute approximate surface area is 176 Å². The SMILES string of the molecule is CN(C)c1ncc(-c2cccc(Cl)c2)c(C2CCCN2C(=O)c2ccccc2)n1. The van der Waals surface area contributed by atoms with E-state index < -0.39 is 0 Å². The number of amides is 1. The van der Waals surface area contributed by atoms with E-state index in [2.05, 4.69) is 4.98 Å². The second-order valence-corrected chi connectivity index (χ2v) is 7.83. The highest BCUT2D eigenvalue weighted by Gasteiger charge is 2.33. The molecule has 1 aliphatic heterocycles. The molecule has 2 aromatic carbocycles. The van der Waals surface area contributed by atoms with E-state index in [1.807, 2.05) is 84.7 Å². The van der Waals surface area contributed by atoms with Crippen LogP contribution < -0.4 is 4.90 Å². The Bertz CT molecular complexity index is 1020. The molecule has 2 heterocycles. The number of carbonyl (C=O) groups excluding carboxylic acids is 1. The quantitative estimate of drug-likeness (QED) is 0.622. The van der Waals surface area contributed by atoms with E-state index in [4.69, 9.17) is 16.6 Å². The van der Waals surface area contributed by atoms with Crippen molar-refractivity contribution in [3.63, 3.8) is 0 Å². The maximum Gasteiger partial charge on any atom is 0.254 e. The number of halogens is 1. The van der Waals surface area contributed by atoms with Gasteiger partial charge in [-0.25, -0.2) is 9.97 Å². The van der Waals surface area contributed by atoms with Gasteiger partial charge in [0.15, 0.2) is 0 Å². The van der Waals surface area contributed by atoms with Crippen molar-refractivity contribution in [3.8, 4) is 11.1 Å². The van der Waals surface area contributed by atoms with Gasteiger partial charge in [-0.2, -0.15) is 0 Å². The molecule has 0 spiro atoms. The summed E-state index contributed by atoms with van der Waals surface area (Å²) in [4.78, 5) is 26.4. The normalized spacial score (nSPS) is 16.1. The average molecular weight is 407 g/mol. The smallest absolute Gasteiger partial charge is 0.254 e. The summed E-state index contributed by atoms with van der Waals surface area (Å²) in [6, 6.07) is 17.0. The fourth-order valence-electron chi connectivity index (χ4n) is 3.77. The molecule has 0 N–H and O–H groups in total. The van der Waals surface area contributed by atoms with Crippen LogP contribution in [0.25, 0.3) is 11.1 Å². The molecule has 4 rings (SSSR count). The van der Waals surface area contributed by atoms with Crippen LogP contribution in [0.15, 0.2) is 60.8 Å². The molecular weight excluding hydrogens is 384 g/mol. The molecule has 6 heteroatoms. The highest BCUT2D eigenvalue weighted by molar-refractivity contribution is 6.30. The summed E-state index contributed by atoms with van der Waals surface area (Å²) in [6.07, 6.45) is 3.66. The first-order chi connectivity index (χ1) is 14.0. The Morgan fingerprint density at radius 3 is 2.66 bits per heavy atom. The summed E-state index contributed by atoms with van der Waals surface area (Å²) in [5, 5.41) is 0.661. The van der Waals surface area contributed by atoms with Gasteiger partial charge in [-0.3, -0.25) is 4.79 Å². The molecule has 29 heavy (non-hydrogen) atoms. The number of hydrogen-bond acceptors (Lipinski definition) is 4. The van der Waals surface area contributed by atoms with Crippen LogP contribution in [0.4, 0.5) is 5.95 Å². The van der Waals surface area contributed by atoms with Gasteiger partial charge in [-0.05, 0) is 42.7 Å². The van der Waals surface area contributed by atoms with Gasteiger partial charge in [-0.15, -0.1) is 0 Å². The van der Waals surface area contributed by atoms with Gasteiger partial charge in [0.25, 0.3) is 5.91 Å². The van der Waals surface area contributed by atoms with E-state index in [9.17, 15) is 4.79 Å². The lowest BCUT2D eigenvalue weighted by atomic mass is 9.99. The van der Waals surface area contributed by atoms with Crippen molar-refractivity contribution in [1.29, 1.82) is 0 Å². The van der Waals surface area contributed by atoms with Crippen molar-refractivity contribution in [1.82, 2.24) is 14.9 Å². The standard InChI is InChI=1S/C23H23ClN4O/c1-27(2)23-25-15-19(17-10-6-11-18(24)14-17)21(26-23)20-12-7-13-28(20)22(29)16-8-4-3-5-9-16/h3-6,8-11,14-15,20H,7,12-13H2,1-2H3. The lowest BCUT2D eigenvalue weighted by Crippen LogP contribution is -2.31. The largest absolute Gasteiger partial charge is 0.347 e. The van der Waals surface area contributed by atoms with Gasteiger partial charge in [-0.1, -0.05) is 41.9 Å². The second kappa shape index (κ2) is 8.21. The van der Waals surface area contributed by atoms with Crippen molar-refractivity contribution in [3.05, 3.63) is 77.1 Å². The molecule has 1 fully saturated rings. The third-order valence-electron chi connectivity index (χ3n) is 5.19. The lowest BCUT2D eigenvalue weighted by molar-refractivity contribution is 0.0733. The number of aromatic nitrogens is 2. The van der Waals surface area contributed by atoms with Crippen LogP contribution >= 0.6 is 11.6 Å². The van der Waals surface area contributed by atoms with Crippen LogP contribution in [0.3, 0.4) is 0 Å². The van der Waals surface area contributed by atoms with Crippen LogP contribution in [0, 0.1) is 0 Å². The van der Waals surface area contributed by atoms with Gasteiger partial charge in [0.2, 0.25) is 5.95 Å². The number of benzene rings is 2. The Morgan fingerprint density at radius 1 is 1.14 bits per heavy atom. The fourth-order valence-corrected chi connectivity index (χ4v) is 3.96. The molecule has 1 aliphatic rings. The van der Waals surface area contributed by atoms with Crippen molar-refractivity contribution >= 4 is 23.5 Å². The molecule has 1 aromatic heterocycles. The molecule has 148 valence electrons. The van der Waals surface area contributed by atoms with Crippen molar-refractivity contribution in [2.75, 3.05) is 25.5 Å². The Kier molecular flexibility index (Phi) is 5.49. The predicted octanol–water partition coefficient (Wildman–Crippen LogP) is 4.84. The molecule has 1 atom stereocenters. The zero-order valence-corrected chi connectivity index (χ0v) is 17.3. The van der Waals surface area contributed by atoms with Crippen LogP contribution in [-0.4, -0.2) is 41.4 Å². The van der Waals surface area contributed by atoms with Crippen LogP contribution in [0.2, 0.25) is 5.02 Å². The number of nitrogens with zero attached hydrogens (tertiary/aromatic N) is 4. The van der Waals surface area contributed by atoms with E-state index in [0.29, 0.717) is 23.1 Å². The summed E-state index contributed by atoms with van der Waals surface area (Å²) >= 11 is 6.23. The average Bonchev–Trinajstić information content (AvgIpc) is 3.23. The zero-order valence-electron chi connectivity index (χ0n) is 16.5. The number of likely N-dealkylation sites (tertiary alicyclic amines) is 1. The van der Waals surface area contributed by atoms with E-state index in [1.54, 1.807) is 0 Å². The Hall–Kier alpha value is -2.92. The lowest BCUT2D eigenvalue weighted by Gasteiger charge is -2.27. The first-order valence-electron chi connectivity index (χ1n) is 9.71. The molecule has 1 saturated heterocycles. The first kappa shape index (κ1) is 19.4. The number of anilines is 1. The maximum absolute atomic E-state index is 13.2. The molecule has 0 radical (unpaired) electrons. The summed E-state index contributed by atoms with van der Waals surface area (Å²) in [6.45, 7) is 0.717. The van der Waals surface area contributed by atoms with E-state index in [0.717, 1.165) is 29.7 Å². The number of carbonyl (C=O) groups is 1. The topological polar surface area (TPSA) is 49.3 Å². The highest BCUT2D eigenvalue weighted by Crippen LogP contribution is 2.38. The number of hydrogen-bond donors (Lipinski definition) is 0. The van der Waals surface area contributed by atoms with Crippen LogP contribution in [0.5, 0.6) is 0 Å². The van der Waals surface area contributed by atoms with E-state index in [-0.39, 0.29) is 11.9 Å². The molecule has 0 aliphatic carbocycles. The van der Waals surface area contributed by atoms with Crippen molar-refractivity contribution < 1.29 is 4.79 Å². The molecule has 0 bridgehead atoms. The van der Waals surface area contributed by atoms with Gasteiger partial charge in [0, 0.05) is 43.0 Å². The Morgan fingerprint density at radius 2 is 1.93 bits per heavy atom. The second-order valence-electron chi connectivity index (χ2n) is 7.40. The Balaban J connectivity index is 1.79. The minimum Gasteiger partial charge on any atom is -0.347 e. The van der Waals surface area contributed by atoms with E-state index in [1.165, 1.54) is 0 Å². The molecule has 0 saturated carbocycles. The minimum atomic E-state index is -0.0987. The molecule has 1 amide bonds. The third kappa shape index (κ3) is 3.96. The molecule has 5 nitrogen and oxygen atoms in total. The summed E-state index contributed by atoms with van der Waals surface area (Å²) < 4.78 is 0. The molecule has 1 unspecified atom stereocenters. The number of rotatable bonds is 4. The van der Waals surface area contributed by atoms with Gasteiger partial charge >= 0.3 is 0 Å². The maximum atomic E-state index is 13.2.